The van der Waals surface area contributed by atoms with Crippen LogP contribution in [0.2, 0.25) is 0 Å². The van der Waals surface area contributed by atoms with E-state index in [0.29, 0.717) is 11.9 Å². The van der Waals surface area contributed by atoms with Gasteiger partial charge in [0.05, 0.1) is 5.41 Å². The molecule has 1 spiro atoms. The number of amides is 1. The van der Waals surface area contributed by atoms with Crippen molar-refractivity contribution in [2.45, 2.75) is 65.8 Å². The van der Waals surface area contributed by atoms with Crippen LogP contribution in [0.5, 0.6) is 0 Å². The van der Waals surface area contributed by atoms with Crippen molar-refractivity contribution in [3.8, 4) is 0 Å². The SMILES string of the molecule is CCC(CC)CN1CCC[C@]2(C1)CN([C@@H](C)CC)C2=O. The van der Waals surface area contributed by atoms with Crippen molar-refractivity contribution < 1.29 is 4.79 Å². The molecule has 0 N–H and O–H groups in total. The number of piperidine rings is 1. The maximum absolute atomic E-state index is 12.6. The third-order valence-corrected chi connectivity index (χ3v) is 5.64. The van der Waals surface area contributed by atoms with Crippen LogP contribution in [0.15, 0.2) is 0 Å². The molecule has 2 rings (SSSR count). The normalized spacial score (nSPS) is 29.1. The molecular formula is C17H32N2O. The van der Waals surface area contributed by atoms with Crippen LogP contribution in [-0.4, -0.2) is 47.9 Å². The third kappa shape index (κ3) is 2.88. The van der Waals surface area contributed by atoms with Gasteiger partial charge in [-0.25, -0.2) is 0 Å². The number of hydrogen-bond acceptors (Lipinski definition) is 2. The highest BCUT2D eigenvalue weighted by Gasteiger charge is 2.54. The van der Waals surface area contributed by atoms with Crippen molar-refractivity contribution in [2.24, 2.45) is 11.3 Å². The second kappa shape index (κ2) is 6.46. The summed E-state index contributed by atoms with van der Waals surface area (Å²) in [5, 5.41) is 0. The lowest BCUT2D eigenvalue weighted by molar-refractivity contribution is -0.170. The van der Waals surface area contributed by atoms with Crippen molar-refractivity contribution in [1.29, 1.82) is 0 Å². The van der Waals surface area contributed by atoms with E-state index < -0.39 is 0 Å². The average Bonchev–Trinajstić information content (AvgIpc) is 2.49. The second-order valence-electron chi connectivity index (χ2n) is 6.99. The van der Waals surface area contributed by atoms with Gasteiger partial charge in [0.25, 0.3) is 0 Å². The number of hydrogen-bond donors (Lipinski definition) is 0. The summed E-state index contributed by atoms with van der Waals surface area (Å²) in [4.78, 5) is 17.3. The van der Waals surface area contributed by atoms with Crippen molar-refractivity contribution in [2.75, 3.05) is 26.2 Å². The Hall–Kier alpha value is -0.570. The molecule has 3 heteroatoms. The van der Waals surface area contributed by atoms with Crippen LogP contribution in [0.4, 0.5) is 0 Å². The van der Waals surface area contributed by atoms with Gasteiger partial charge in [-0.3, -0.25) is 4.79 Å². The summed E-state index contributed by atoms with van der Waals surface area (Å²) in [5.74, 6) is 1.23. The molecule has 0 aromatic carbocycles. The Bertz CT molecular complexity index is 340. The van der Waals surface area contributed by atoms with Gasteiger partial charge >= 0.3 is 0 Å². The topological polar surface area (TPSA) is 23.6 Å². The second-order valence-corrected chi connectivity index (χ2v) is 6.99. The van der Waals surface area contributed by atoms with Gasteiger partial charge in [-0.15, -0.1) is 0 Å². The standard InChI is InChI=1S/C17H32N2O/c1-5-14(4)19-13-17(16(19)20)9-8-10-18(12-17)11-15(6-2)7-3/h14-15H,5-13H2,1-4H3/t14-,17-/m0/s1. The van der Waals surface area contributed by atoms with Gasteiger partial charge in [-0.05, 0) is 38.6 Å². The van der Waals surface area contributed by atoms with E-state index in [-0.39, 0.29) is 5.41 Å². The molecule has 0 aromatic rings. The van der Waals surface area contributed by atoms with E-state index in [1.807, 2.05) is 0 Å². The zero-order valence-electron chi connectivity index (χ0n) is 13.8. The Morgan fingerprint density at radius 3 is 2.40 bits per heavy atom. The van der Waals surface area contributed by atoms with E-state index in [4.69, 9.17) is 0 Å². The molecule has 0 saturated carbocycles. The first-order chi connectivity index (χ1) is 9.56. The van der Waals surface area contributed by atoms with Crippen LogP contribution in [0.3, 0.4) is 0 Å². The molecule has 2 aliphatic rings. The summed E-state index contributed by atoms with van der Waals surface area (Å²) in [6.07, 6.45) is 5.89. The van der Waals surface area contributed by atoms with E-state index in [1.165, 1.54) is 32.4 Å². The van der Waals surface area contributed by atoms with Gasteiger partial charge in [-0.2, -0.15) is 0 Å². The number of carbonyl (C=O) groups is 1. The van der Waals surface area contributed by atoms with Crippen molar-refractivity contribution in [3.63, 3.8) is 0 Å². The molecule has 0 aromatic heterocycles. The van der Waals surface area contributed by atoms with Crippen molar-refractivity contribution in [3.05, 3.63) is 0 Å². The number of likely N-dealkylation sites (tertiary alicyclic amines) is 2. The van der Waals surface area contributed by atoms with Crippen LogP contribution in [0.1, 0.15) is 59.8 Å². The number of β-lactam (4-membered cyclic amide) rings is 1. The van der Waals surface area contributed by atoms with E-state index in [9.17, 15) is 4.79 Å². The molecule has 0 aliphatic carbocycles. The predicted octanol–water partition coefficient (Wildman–Crippen LogP) is 3.15. The maximum Gasteiger partial charge on any atom is 0.232 e. The Morgan fingerprint density at radius 1 is 1.15 bits per heavy atom. The summed E-state index contributed by atoms with van der Waals surface area (Å²) in [6.45, 7) is 13.3. The monoisotopic (exact) mass is 280 g/mol. The van der Waals surface area contributed by atoms with Crippen molar-refractivity contribution >= 4 is 5.91 Å². The fraction of sp³-hybridized carbons (Fsp3) is 0.941. The largest absolute Gasteiger partial charge is 0.338 e. The molecule has 2 aliphatic heterocycles. The minimum Gasteiger partial charge on any atom is -0.338 e. The number of carbonyl (C=O) groups excluding carboxylic acids is 1. The molecule has 2 fully saturated rings. The van der Waals surface area contributed by atoms with Crippen LogP contribution in [0, 0.1) is 11.3 Å². The Kier molecular flexibility index (Phi) is 5.11. The lowest BCUT2D eigenvalue weighted by Crippen LogP contribution is -2.68. The summed E-state index contributed by atoms with van der Waals surface area (Å²) >= 11 is 0. The van der Waals surface area contributed by atoms with Crippen LogP contribution in [-0.2, 0) is 4.79 Å². The first-order valence-electron chi connectivity index (χ1n) is 8.59. The molecule has 1 amide bonds. The highest BCUT2D eigenvalue weighted by Crippen LogP contribution is 2.41. The average molecular weight is 280 g/mol. The van der Waals surface area contributed by atoms with E-state index in [2.05, 4.69) is 37.5 Å². The minimum absolute atomic E-state index is 0.0201. The summed E-state index contributed by atoms with van der Waals surface area (Å²) in [6, 6.07) is 0.419. The number of rotatable bonds is 6. The quantitative estimate of drug-likeness (QED) is 0.698. The van der Waals surface area contributed by atoms with Gasteiger partial charge < -0.3 is 9.80 Å². The number of nitrogens with zero attached hydrogens (tertiary/aromatic N) is 2. The van der Waals surface area contributed by atoms with Crippen LogP contribution >= 0.6 is 0 Å². The van der Waals surface area contributed by atoms with Crippen LogP contribution in [0.25, 0.3) is 0 Å². The summed E-state index contributed by atoms with van der Waals surface area (Å²) < 4.78 is 0. The van der Waals surface area contributed by atoms with Gasteiger partial charge in [0.1, 0.15) is 0 Å². The van der Waals surface area contributed by atoms with Gasteiger partial charge in [0.15, 0.2) is 0 Å². The molecule has 2 saturated heterocycles. The summed E-state index contributed by atoms with van der Waals surface area (Å²) in [5.41, 5.74) is -0.0201. The molecule has 0 unspecified atom stereocenters. The first-order valence-corrected chi connectivity index (χ1v) is 8.59. The van der Waals surface area contributed by atoms with Crippen LogP contribution < -0.4 is 0 Å². The highest BCUT2D eigenvalue weighted by molar-refractivity contribution is 5.89. The molecule has 20 heavy (non-hydrogen) atoms. The lowest BCUT2D eigenvalue weighted by Gasteiger charge is -2.55. The fourth-order valence-electron chi connectivity index (χ4n) is 3.85. The van der Waals surface area contributed by atoms with Gasteiger partial charge in [0, 0.05) is 25.7 Å². The van der Waals surface area contributed by atoms with Gasteiger partial charge in [-0.1, -0.05) is 33.6 Å². The minimum atomic E-state index is -0.0201. The Balaban J connectivity index is 1.93. The highest BCUT2D eigenvalue weighted by atomic mass is 16.2. The Morgan fingerprint density at radius 2 is 1.85 bits per heavy atom. The molecule has 3 nitrogen and oxygen atoms in total. The maximum atomic E-state index is 12.6. The fourth-order valence-corrected chi connectivity index (χ4v) is 3.85. The van der Waals surface area contributed by atoms with Crippen molar-refractivity contribution in [1.82, 2.24) is 9.80 Å². The Labute approximate surface area is 124 Å². The van der Waals surface area contributed by atoms with E-state index in [1.54, 1.807) is 0 Å². The smallest absolute Gasteiger partial charge is 0.232 e. The molecule has 2 atom stereocenters. The zero-order valence-corrected chi connectivity index (χ0v) is 13.8. The van der Waals surface area contributed by atoms with E-state index in [0.717, 1.165) is 31.8 Å². The molecule has 0 bridgehead atoms. The van der Waals surface area contributed by atoms with Gasteiger partial charge in [0.2, 0.25) is 5.91 Å². The first kappa shape index (κ1) is 15.8. The molecular weight excluding hydrogens is 248 g/mol. The molecule has 2 heterocycles. The third-order valence-electron chi connectivity index (χ3n) is 5.64. The summed E-state index contributed by atoms with van der Waals surface area (Å²) in [7, 11) is 0. The molecule has 0 radical (unpaired) electrons. The zero-order chi connectivity index (χ0) is 14.8. The molecule has 116 valence electrons. The lowest BCUT2D eigenvalue weighted by atomic mass is 9.71. The van der Waals surface area contributed by atoms with E-state index >= 15 is 0 Å². The predicted molar refractivity (Wildman–Crippen MR) is 83.6 cm³/mol.